The summed E-state index contributed by atoms with van der Waals surface area (Å²) < 4.78 is 0. The van der Waals surface area contributed by atoms with Crippen LogP contribution >= 0.6 is 0 Å². The second-order valence-corrected chi connectivity index (χ2v) is 6.74. The number of nitrogens with one attached hydrogen (secondary N) is 1. The Morgan fingerprint density at radius 2 is 2.17 bits per heavy atom. The normalized spacial score (nSPS) is 22.3. The van der Waals surface area contributed by atoms with Gasteiger partial charge in [-0.2, -0.15) is 0 Å². The van der Waals surface area contributed by atoms with E-state index in [2.05, 4.69) is 24.3 Å². The quantitative estimate of drug-likeness (QED) is 0.725. The summed E-state index contributed by atoms with van der Waals surface area (Å²) in [5, 5.41) is 7.28. The molecule has 0 bridgehead atoms. The zero-order valence-corrected chi connectivity index (χ0v) is 14.0. The van der Waals surface area contributed by atoms with Crippen LogP contribution in [0.25, 0.3) is 0 Å². The third-order valence-corrected chi connectivity index (χ3v) is 5.34. The Balaban J connectivity index is 1.85. The van der Waals surface area contributed by atoms with Gasteiger partial charge in [0.15, 0.2) is 0 Å². The smallest absolute Gasteiger partial charge is 0.211 e. The van der Waals surface area contributed by atoms with Crippen LogP contribution in [0.5, 0.6) is 0 Å². The van der Waals surface area contributed by atoms with Gasteiger partial charge in [-0.25, -0.2) is 0 Å². The van der Waals surface area contributed by atoms with E-state index in [1.165, 1.54) is 19.3 Å². The number of carbonyl (C=O) groups excluding carboxylic acids is 1. The molecule has 3 rings (SSSR count). The number of hydrogen-bond acceptors (Lipinski definition) is 3. The predicted octanol–water partition coefficient (Wildman–Crippen LogP) is 4.35. The lowest BCUT2D eigenvalue weighted by Crippen LogP contribution is -2.33. The Morgan fingerprint density at radius 1 is 1.39 bits per heavy atom. The minimum absolute atomic E-state index is 0.0646. The molecule has 4 nitrogen and oxygen atoms in total. The molecule has 0 radical (unpaired) electrons. The number of para-hydroxylation sites is 1. The highest BCUT2D eigenvalue weighted by Crippen LogP contribution is 2.58. The summed E-state index contributed by atoms with van der Waals surface area (Å²) in [6, 6.07) is 7.87. The summed E-state index contributed by atoms with van der Waals surface area (Å²) in [5.74, 6) is 0.560. The largest absolute Gasteiger partial charge is 0.391 e. The van der Waals surface area contributed by atoms with Crippen LogP contribution < -0.4 is 5.32 Å². The molecule has 2 atom stereocenters. The first kappa shape index (κ1) is 16.0. The molecule has 1 N–H and O–H groups in total. The molecular formula is C19H26N2O2. The first-order chi connectivity index (χ1) is 11.3. The van der Waals surface area contributed by atoms with Crippen LogP contribution in [0.4, 0.5) is 5.69 Å². The molecule has 1 aliphatic heterocycles. The van der Waals surface area contributed by atoms with Gasteiger partial charge in [0, 0.05) is 11.3 Å². The summed E-state index contributed by atoms with van der Waals surface area (Å²) in [6.45, 7) is 4.48. The molecule has 23 heavy (non-hydrogen) atoms. The van der Waals surface area contributed by atoms with E-state index < -0.39 is 0 Å². The molecule has 1 spiro atoms. The molecule has 0 aromatic heterocycles. The number of benzene rings is 1. The highest BCUT2D eigenvalue weighted by molar-refractivity contribution is 6.11. The zero-order chi connectivity index (χ0) is 16.3. The molecule has 1 saturated carbocycles. The molecule has 0 saturated heterocycles. The number of rotatable bonds is 8. The van der Waals surface area contributed by atoms with Crippen molar-refractivity contribution in [3.8, 4) is 0 Å². The minimum atomic E-state index is 0.0646. The molecule has 4 heteroatoms. The van der Waals surface area contributed by atoms with Gasteiger partial charge in [0.25, 0.3) is 0 Å². The standard InChI is InChI=1S/C19H26N2O2/c1-3-5-8-14(4-2)18-19(11-12-19)17(21-23-18)15-9-6-7-10-16(15)20-13-22/h6-7,9-10,13-14,18H,3-5,8,11-12H2,1-2H3,(H,20,22). The van der Waals surface area contributed by atoms with E-state index in [-0.39, 0.29) is 11.5 Å². The van der Waals surface area contributed by atoms with E-state index in [4.69, 9.17) is 4.84 Å². The summed E-state index contributed by atoms with van der Waals surface area (Å²) in [4.78, 5) is 16.8. The van der Waals surface area contributed by atoms with E-state index in [0.29, 0.717) is 5.92 Å². The Labute approximate surface area is 138 Å². The fourth-order valence-corrected chi connectivity index (χ4v) is 3.86. The van der Waals surface area contributed by atoms with E-state index in [0.717, 1.165) is 42.6 Å². The van der Waals surface area contributed by atoms with Gasteiger partial charge in [-0.3, -0.25) is 4.79 Å². The highest BCUT2D eigenvalue weighted by Gasteiger charge is 2.61. The van der Waals surface area contributed by atoms with E-state index >= 15 is 0 Å². The van der Waals surface area contributed by atoms with Crippen molar-refractivity contribution in [3.05, 3.63) is 29.8 Å². The van der Waals surface area contributed by atoms with Crippen molar-refractivity contribution in [2.45, 2.75) is 58.5 Å². The SMILES string of the molecule is CCCCC(CC)C1ON=C(c2ccccc2NC=O)C12CC2. The molecule has 1 aromatic carbocycles. The number of oxime groups is 1. The van der Waals surface area contributed by atoms with Gasteiger partial charge in [-0.15, -0.1) is 0 Å². The number of nitrogens with zero attached hydrogens (tertiary/aromatic N) is 1. The average molecular weight is 314 g/mol. The van der Waals surface area contributed by atoms with Gasteiger partial charge < -0.3 is 10.2 Å². The maximum Gasteiger partial charge on any atom is 0.211 e. The lowest BCUT2D eigenvalue weighted by molar-refractivity contribution is -0.105. The van der Waals surface area contributed by atoms with Crippen molar-refractivity contribution in [3.63, 3.8) is 0 Å². The van der Waals surface area contributed by atoms with Gasteiger partial charge in [0.2, 0.25) is 6.41 Å². The maximum atomic E-state index is 10.9. The van der Waals surface area contributed by atoms with Crippen LogP contribution in [0, 0.1) is 11.3 Å². The molecule has 1 aliphatic carbocycles. The van der Waals surface area contributed by atoms with Crippen LogP contribution in [-0.2, 0) is 9.63 Å². The molecule has 1 amide bonds. The Kier molecular flexibility index (Phi) is 4.69. The molecule has 1 fully saturated rings. The topological polar surface area (TPSA) is 50.7 Å². The molecule has 124 valence electrons. The van der Waals surface area contributed by atoms with Gasteiger partial charge >= 0.3 is 0 Å². The number of anilines is 1. The van der Waals surface area contributed by atoms with Crippen LogP contribution in [-0.4, -0.2) is 18.2 Å². The van der Waals surface area contributed by atoms with Gasteiger partial charge in [0.1, 0.15) is 6.10 Å². The van der Waals surface area contributed by atoms with Crippen molar-refractivity contribution in [2.75, 3.05) is 5.32 Å². The second-order valence-electron chi connectivity index (χ2n) is 6.74. The minimum Gasteiger partial charge on any atom is -0.391 e. The van der Waals surface area contributed by atoms with Crippen molar-refractivity contribution >= 4 is 17.8 Å². The van der Waals surface area contributed by atoms with Crippen LogP contribution in [0.1, 0.15) is 57.9 Å². The lowest BCUT2D eigenvalue weighted by atomic mass is 9.79. The first-order valence-electron chi connectivity index (χ1n) is 8.80. The molecule has 1 heterocycles. The van der Waals surface area contributed by atoms with Crippen LogP contribution in [0.3, 0.4) is 0 Å². The van der Waals surface area contributed by atoms with E-state index in [9.17, 15) is 4.79 Å². The fraction of sp³-hybridized carbons (Fsp3) is 0.579. The fourth-order valence-electron chi connectivity index (χ4n) is 3.86. The molecule has 1 aromatic rings. The molecular weight excluding hydrogens is 288 g/mol. The third kappa shape index (κ3) is 2.87. The first-order valence-corrected chi connectivity index (χ1v) is 8.80. The summed E-state index contributed by atoms with van der Waals surface area (Å²) in [7, 11) is 0. The Morgan fingerprint density at radius 3 is 2.83 bits per heavy atom. The summed E-state index contributed by atoms with van der Waals surface area (Å²) in [6.07, 6.45) is 7.98. The second kappa shape index (κ2) is 6.73. The predicted molar refractivity (Wildman–Crippen MR) is 92.5 cm³/mol. The maximum absolute atomic E-state index is 10.9. The molecule has 2 unspecified atom stereocenters. The highest BCUT2D eigenvalue weighted by atomic mass is 16.6. The third-order valence-electron chi connectivity index (χ3n) is 5.34. The van der Waals surface area contributed by atoms with Gasteiger partial charge in [-0.1, -0.05) is 50.0 Å². The van der Waals surface area contributed by atoms with Gasteiger partial charge in [-0.05, 0) is 37.7 Å². The monoisotopic (exact) mass is 314 g/mol. The van der Waals surface area contributed by atoms with Crippen molar-refractivity contribution < 1.29 is 9.63 Å². The van der Waals surface area contributed by atoms with Crippen molar-refractivity contribution in [1.29, 1.82) is 0 Å². The van der Waals surface area contributed by atoms with Gasteiger partial charge in [0.05, 0.1) is 11.1 Å². The Hall–Kier alpha value is -1.84. The van der Waals surface area contributed by atoms with Crippen LogP contribution in [0.2, 0.25) is 0 Å². The van der Waals surface area contributed by atoms with E-state index in [1.54, 1.807) is 0 Å². The lowest BCUT2D eigenvalue weighted by Gasteiger charge is -2.26. The van der Waals surface area contributed by atoms with E-state index in [1.807, 2.05) is 24.3 Å². The average Bonchev–Trinajstić information content (AvgIpc) is 3.27. The number of carbonyl (C=O) groups is 1. The zero-order valence-electron chi connectivity index (χ0n) is 14.0. The van der Waals surface area contributed by atoms with Crippen molar-refractivity contribution in [2.24, 2.45) is 16.5 Å². The number of hydrogen-bond donors (Lipinski definition) is 1. The molecule has 2 aliphatic rings. The van der Waals surface area contributed by atoms with Crippen molar-refractivity contribution in [1.82, 2.24) is 0 Å². The summed E-state index contributed by atoms with van der Waals surface area (Å²) >= 11 is 0. The number of unbranched alkanes of at least 4 members (excludes halogenated alkanes) is 1. The summed E-state index contributed by atoms with van der Waals surface area (Å²) in [5.41, 5.74) is 2.92. The number of amides is 1. The Bertz CT molecular complexity index is 593. The van der Waals surface area contributed by atoms with Crippen LogP contribution in [0.15, 0.2) is 29.4 Å².